The number of hydrogen-bond donors (Lipinski definition) is 2. The monoisotopic (exact) mass is 255 g/mol. The fraction of sp³-hybridized carbons (Fsp3) is 0.562. The molecule has 1 aromatic carbocycles. The number of nitrogens with zero attached hydrogens (tertiary/aromatic N) is 1. The lowest BCUT2D eigenvalue weighted by Gasteiger charge is -2.21. The Kier molecular flexibility index (Phi) is 2.62. The summed E-state index contributed by atoms with van der Waals surface area (Å²) in [5.74, 6) is 2.94. The second kappa shape index (κ2) is 4.34. The minimum atomic E-state index is 0.318. The van der Waals surface area contributed by atoms with Crippen molar-refractivity contribution in [2.24, 2.45) is 11.8 Å². The number of aromatic amines is 1. The van der Waals surface area contributed by atoms with Crippen LogP contribution in [0.15, 0.2) is 24.3 Å². The average molecular weight is 255 g/mol. The maximum atomic E-state index is 4.71. The molecule has 2 aliphatic carbocycles. The Hall–Kier alpha value is -1.35. The predicted octanol–water partition coefficient (Wildman–Crippen LogP) is 3.40. The van der Waals surface area contributed by atoms with Gasteiger partial charge >= 0.3 is 0 Å². The van der Waals surface area contributed by atoms with Gasteiger partial charge in [-0.3, -0.25) is 0 Å². The maximum Gasteiger partial charge on any atom is 0.124 e. The molecule has 1 heterocycles. The zero-order chi connectivity index (χ0) is 12.8. The first kappa shape index (κ1) is 11.5. The highest BCUT2D eigenvalue weighted by atomic mass is 15.1. The van der Waals surface area contributed by atoms with Gasteiger partial charge in [0.25, 0.3) is 0 Å². The van der Waals surface area contributed by atoms with E-state index in [4.69, 9.17) is 4.98 Å². The van der Waals surface area contributed by atoms with Crippen molar-refractivity contribution in [2.75, 3.05) is 0 Å². The Morgan fingerprint density at radius 2 is 1.84 bits per heavy atom. The van der Waals surface area contributed by atoms with Crippen molar-refractivity contribution in [3.05, 3.63) is 30.1 Å². The topological polar surface area (TPSA) is 40.7 Å². The van der Waals surface area contributed by atoms with Gasteiger partial charge in [-0.15, -0.1) is 0 Å². The van der Waals surface area contributed by atoms with Crippen LogP contribution < -0.4 is 5.32 Å². The van der Waals surface area contributed by atoms with Crippen LogP contribution in [-0.4, -0.2) is 16.0 Å². The van der Waals surface area contributed by atoms with Crippen molar-refractivity contribution in [1.82, 2.24) is 15.3 Å². The number of fused-ring (bicyclic) bond motifs is 1. The smallest absolute Gasteiger partial charge is 0.124 e. The summed E-state index contributed by atoms with van der Waals surface area (Å²) in [6, 6.07) is 9.31. The van der Waals surface area contributed by atoms with Crippen LogP contribution in [-0.2, 0) is 0 Å². The van der Waals surface area contributed by atoms with Crippen molar-refractivity contribution < 1.29 is 0 Å². The van der Waals surface area contributed by atoms with E-state index >= 15 is 0 Å². The first-order valence-electron chi connectivity index (χ1n) is 7.52. The molecule has 0 aliphatic heterocycles. The molecule has 2 saturated carbocycles. The largest absolute Gasteiger partial charge is 0.341 e. The standard InChI is InChI=1S/C16H21N3/c1-10(17-15(11-6-7-11)12-8-9-12)16-18-13-4-2-3-5-14(13)19-16/h2-5,10-12,15,17H,6-9H2,1H3,(H,18,19). The molecule has 1 unspecified atom stereocenters. The normalized spacial score (nSPS) is 21.2. The molecule has 100 valence electrons. The van der Waals surface area contributed by atoms with E-state index < -0.39 is 0 Å². The van der Waals surface area contributed by atoms with E-state index in [9.17, 15) is 0 Å². The average Bonchev–Trinajstić information content (AvgIpc) is 3.32. The van der Waals surface area contributed by atoms with Gasteiger partial charge in [0.05, 0.1) is 17.1 Å². The van der Waals surface area contributed by atoms with Crippen molar-refractivity contribution in [2.45, 2.75) is 44.7 Å². The summed E-state index contributed by atoms with van der Waals surface area (Å²) in [7, 11) is 0. The van der Waals surface area contributed by atoms with Gasteiger partial charge in [0.1, 0.15) is 5.82 Å². The van der Waals surface area contributed by atoms with Crippen LogP contribution in [0.2, 0.25) is 0 Å². The van der Waals surface area contributed by atoms with E-state index in [2.05, 4.69) is 35.4 Å². The minimum absolute atomic E-state index is 0.318. The van der Waals surface area contributed by atoms with E-state index in [-0.39, 0.29) is 0 Å². The van der Waals surface area contributed by atoms with Gasteiger partial charge in [0.2, 0.25) is 0 Å². The summed E-state index contributed by atoms with van der Waals surface area (Å²) in [6.07, 6.45) is 5.67. The molecule has 3 nitrogen and oxygen atoms in total. The van der Waals surface area contributed by atoms with Crippen molar-refractivity contribution in [3.8, 4) is 0 Å². The maximum absolute atomic E-state index is 4.71. The Morgan fingerprint density at radius 1 is 1.16 bits per heavy atom. The molecule has 0 amide bonds. The predicted molar refractivity (Wildman–Crippen MR) is 76.9 cm³/mol. The van der Waals surface area contributed by atoms with Gasteiger partial charge < -0.3 is 10.3 Å². The molecule has 0 bridgehead atoms. The van der Waals surface area contributed by atoms with Crippen molar-refractivity contribution >= 4 is 11.0 Å². The number of nitrogens with one attached hydrogen (secondary N) is 2. The molecule has 0 radical (unpaired) electrons. The van der Waals surface area contributed by atoms with Gasteiger partial charge in [-0.2, -0.15) is 0 Å². The lowest BCUT2D eigenvalue weighted by atomic mass is 10.1. The molecule has 1 aromatic heterocycles. The number of para-hydroxylation sites is 2. The van der Waals surface area contributed by atoms with Crippen LogP contribution in [0.25, 0.3) is 11.0 Å². The third kappa shape index (κ3) is 2.27. The third-order valence-electron chi connectivity index (χ3n) is 4.52. The van der Waals surface area contributed by atoms with Gasteiger partial charge in [0, 0.05) is 6.04 Å². The summed E-state index contributed by atoms with van der Waals surface area (Å²) >= 11 is 0. The second-order valence-electron chi connectivity index (χ2n) is 6.23. The van der Waals surface area contributed by atoms with Gasteiger partial charge in [-0.25, -0.2) is 4.98 Å². The number of aromatic nitrogens is 2. The molecule has 2 fully saturated rings. The van der Waals surface area contributed by atoms with Crippen LogP contribution in [0.1, 0.15) is 44.5 Å². The first-order chi connectivity index (χ1) is 9.31. The zero-order valence-corrected chi connectivity index (χ0v) is 11.4. The zero-order valence-electron chi connectivity index (χ0n) is 11.4. The molecule has 2 aliphatic rings. The lowest BCUT2D eigenvalue weighted by molar-refractivity contribution is 0.371. The molecular formula is C16H21N3. The van der Waals surface area contributed by atoms with Crippen LogP contribution in [0.5, 0.6) is 0 Å². The Morgan fingerprint density at radius 3 is 2.47 bits per heavy atom. The SMILES string of the molecule is CC(NC(C1CC1)C1CC1)c1nc2ccccc2[nH]1. The van der Waals surface area contributed by atoms with Crippen LogP contribution in [0.4, 0.5) is 0 Å². The number of imidazole rings is 1. The number of H-pyrrole nitrogens is 1. The molecule has 2 N–H and O–H groups in total. The van der Waals surface area contributed by atoms with E-state index in [1.54, 1.807) is 0 Å². The van der Waals surface area contributed by atoms with Crippen molar-refractivity contribution in [1.29, 1.82) is 0 Å². The van der Waals surface area contributed by atoms with Crippen molar-refractivity contribution in [3.63, 3.8) is 0 Å². The highest BCUT2D eigenvalue weighted by molar-refractivity contribution is 5.74. The molecule has 2 aromatic rings. The van der Waals surface area contributed by atoms with Gasteiger partial charge in [-0.1, -0.05) is 12.1 Å². The minimum Gasteiger partial charge on any atom is -0.341 e. The second-order valence-corrected chi connectivity index (χ2v) is 6.23. The summed E-state index contributed by atoms with van der Waals surface area (Å²) in [4.78, 5) is 8.15. The summed E-state index contributed by atoms with van der Waals surface area (Å²) in [5, 5.41) is 3.82. The summed E-state index contributed by atoms with van der Waals surface area (Å²) in [6.45, 7) is 2.23. The Labute approximate surface area is 113 Å². The van der Waals surface area contributed by atoms with Crippen LogP contribution in [0, 0.1) is 11.8 Å². The van der Waals surface area contributed by atoms with E-state index in [1.165, 1.54) is 25.7 Å². The molecule has 0 spiro atoms. The number of hydrogen-bond acceptors (Lipinski definition) is 2. The molecule has 19 heavy (non-hydrogen) atoms. The first-order valence-corrected chi connectivity index (χ1v) is 7.52. The highest BCUT2D eigenvalue weighted by Gasteiger charge is 2.42. The quantitative estimate of drug-likeness (QED) is 0.859. The van der Waals surface area contributed by atoms with E-state index in [1.807, 2.05) is 6.07 Å². The Balaban J connectivity index is 1.53. The highest BCUT2D eigenvalue weighted by Crippen LogP contribution is 2.45. The number of benzene rings is 1. The number of rotatable bonds is 5. The molecular weight excluding hydrogens is 234 g/mol. The molecule has 4 rings (SSSR count). The van der Waals surface area contributed by atoms with E-state index in [0.717, 1.165) is 34.7 Å². The lowest BCUT2D eigenvalue weighted by Crippen LogP contribution is -2.35. The van der Waals surface area contributed by atoms with Crippen LogP contribution >= 0.6 is 0 Å². The molecule has 3 heteroatoms. The fourth-order valence-corrected chi connectivity index (χ4v) is 3.11. The third-order valence-corrected chi connectivity index (χ3v) is 4.52. The Bertz CT molecular complexity index is 535. The van der Waals surface area contributed by atoms with E-state index in [0.29, 0.717) is 6.04 Å². The molecule has 1 atom stereocenters. The van der Waals surface area contributed by atoms with Crippen LogP contribution in [0.3, 0.4) is 0 Å². The summed E-state index contributed by atoms with van der Waals surface area (Å²) < 4.78 is 0. The molecule has 0 saturated heterocycles. The van der Waals surface area contributed by atoms with Gasteiger partial charge in [-0.05, 0) is 56.6 Å². The fourth-order valence-electron chi connectivity index (χ4n) is 3.11. The van der Waals surface area contributed by atoms with Gasteiger partial charge in [0.15, 0.2) is 0 Å². The summed E-state index contributed by atoms with van der Waals surface area (Å²) in [5.41, 5.74) is 2.21.